The first kappa shape index (κ1) is 15.8. The van der Waals surface area contributed by atoms with E-state index in [1.54, 1.807) is 0 Å². The first-order chi connectivity index (χ1) is 7.33. The van der Waals surface area contributed by atoms with Gasteiger partial charge in [0, 0.05) is 24.3 Å². The highest BCUT2D eigenvalue weighted by Gasteiger charge is 2.06. The standard InChI is InChI=1S/C5H9NOS.C5H8OS.CH4/c7-6-5-1-3-8-4-2-5;6-5-1-3-7-4-2-5;/h7H,1-4H2;1-4H2;1H4. The van der Waals surface area contributed by atoms with Gasteiger partial charge in [0.05, 0.1) is 5.71 Å². The van der Waals surface area contributed by atoms with Gasteiger partial charge in [-0.3, -0.25) is 4.79 Å². The van der Waals surface area contributed by atoms with Gasteiger partial charge in [0.1, 0.15) is 5.78 Å². The maximum atomic E-state index is 10.4. The monoisotopic (exact) mass is 263 g/mol. The first-order valence-corrected chi connectivity index (χ1v) is 7.51. The van der Waals surface area contributed by atoms with Crippen molar-refractivity contribution in [1.82, 2.24) is 0 Å². The molecule has 2 saturated heterocycles. The number of Topliss-reactive ketones (excluding diaryl/α,β-unsaturated/α-hetero) is 1. The minimum atomic E-state index is 0. The van der Waals surface area contributed by atoms with Crippen molar-refractivity contribution in [2.45, 2.75) is 33.1 Å². The van der Waals surface area contributed by atoms with Crippen molar-refractivity contribution in [1.29, 1.82) is 0 Å². The number of hydrogen-bond acceptors (Lipinski definition) is 5. The normalized spacial score (nSPS) is 20.2. The second kappa shape index (κ2) is 10.0. The molecule has 0 spiro atoms. The van der Waals surface area contributed by atoms with Crippen molar-refractivity contribution in [3.63, 3.8) is 0 Å². The summed E-state index contributed by atoms with van der Waals surface area (Å²) < 4.78 is 0. The van der Waals surface area contributed by atoms with E-state index >= 15 is 0 Å². The molecule has 0 atom stereocenters. The molecule has 0 unspecified atom stereocenters. The lowest BCUT2D eigenvalue weighted by Gasteiger charge is -2.08. The van der Waals surface area contributed by atoms with Crippen molar-refractivity contribution < 1.29 is 10.0 Å². The summed E-state index contributed by atoms with van der Waals surface area (Å²) in [7, 11) is 0. The fourth-order valence-corrected chi connectivity index (χ4v) is 3.22. The van der Waals surface area contributed by atoms with Crippen molar-refractivity contribution in [2.75, 3.05) is 23.0 Å². The Morgan fingerprint density at radius 2 is 1.38 bits per heavy atom. The molecule has 2 fully saturated rings. The van der Waals surface area contributed by atoms with Crippen LogP contribution in [0.4, 0.5) is 0 Å². The summed E-state index contributed by atoms with van der Waals surface area (Å²) in [6, 6.07) is 0. The number of hydrogen-bond donors (Lipinski definition) is 1. The molecule has 0 aromatic carbocycles. The number of thioether (sulfide) groups is 2. The fraction of sp³-hybridized carbons (Fsp3) is 0.818. The van der Waals surface area contributed by atoms with Gasteiger partial charge in [-0.2, -0.15) is 23.5 Å². The van der Waals surface area contributed by atoms with Gasteiger partial charge in [-0.05, 0) is 24.3 Å². The van der Waals surface area contributed by atoms with Crippen LogP contribution in [-0.2, 0) is 4.79 Å². The molecule has 2 rings (SSSR count). The van der Waals surface area contributed by atoms with Crippen molar-refractivity contribution in [3.8, 4) is 0 Å². The molecule has 2 heterocycles. The van der Waals surface area contributed by atoms with Gasteiger partial charge in [0.25, 0.3) is 0 Å². The summed E-state index contributed by atoms with van der Waals surface area (Å²) in [5.41, 5.74) is 0.962. The van der Waals surface area contributed by atoms with Crippen molar-refractivity contribution in [3.05, 3.63) is 0 Å². The molecule has 0 aliphatic carbocycles. The van der Waals surface area contributed by atoms with Crippen LogP contribution in [0.2, 0.25) is 0 Å². The predicted molar refractivity (Wildman–Crippen MR) is 74.1 cm³/mol. The molecule has 3 nitrogen and oxygen atoms in total. The maximum absolute atomic E-state index is 10.4. The quantitative estimate of drug-likeness (QED) is 0.539. The van der Waals surface area contributed by atoms with E-state index in [2.05, 4.69) is 5.16 Å². The van der Waals surface area contributed by atoms with Crippen LogP contribution in [0.3, 0.4) is 0 Å². The predicted octanol–water partition coefficient (Wildman–Crippen LogP) is 3.06. The molecule has 0 amide bonds. The van der Waals surface area contributed by atoms with E-state index < -0.39 is 0 Å². The average molecular weight is 263 g/mol. The summed E-state index contributed by atoms with van der Waals surface area (Å²) in [6.07, 6.45) is 3.57. The zero-order valence-corrected chi connectivity index (χ0v) is 10.4. The van der Waals surface area contributed by atoms with Crippen LogP contribution < -0.4 is 0 Å². The number of nitrogens with zero attached hydrogens (tertiary/aromatic N) is 1. The third kappa shape index (κ3) is 7.17. The second-order valence-corrected chi connectivity index (χ2v) is 5.88. The summed E-state index contributed by atoms with van der Waals surface area (Å²) in [4.78, 5) is 10.4. The van der Waals surface area contributed by atoms with Gasteiger partial charge in [-0.15, -0.1) is 0 Å². The van der Waals surface area contributed by atoms with E-state index in [0.29, 0.717) is 5.78 Å². The van der Waals surface area contributed by atoms with Crippen LogP contribution in [0.25, 0.3) is 0 Å². The Labute approximate surface area is 106 Å². The van der Waals surface area contributed by atoms with Crippen LogP contribution in [0, 0.1) is 0 Å². The topological polar surface area (TPSA) is 49.7 Å². The molecule has 0 bridgehead atoms. The second-order valence-electron chi connectivity index (χ2n) is 3.43. The van der Waals surface area contributed by atoms with E-state index in [9.17, 15) is 4.79 Å². The molecule has 0 saturated carbocycles. The molecule has 5 heteroatoms. The molecule has 2 aliphatic rings. The van der Waals surface area contributed by atoms with Gasteiger partial charge in [-0.1, -0.05) is 12.6 Å². The smallest absolute Gasteiger partial charge is 0.134 e. The molecular weight excluding hydrogens is 242 g/mol. The molecule has 0 aromatic heterocycles. The van der Waals surface area contributed by atoms with Crippen LogP contribution in [-0.4, -0.2) is 39.7 Å². The van der Waals surface area contributed by atoms with Crippen LogP contribution in [0.5, 0.6) is 0 Å². The fourth-order valence-electron chi connectivity index (χ4n) is 1.31. The van der Waals surface area contributed by atoms with Crippen LogP contribution >= 0.6 is 23.5 Å². The number of carbonyl (C=O) groups excluding carboxylic acids is 1. The lowest BCUT2D eigenvalue weighted by Crippen LogP contribution is -2.07. The third-order valence-corrected chi connectivity index (χ3v) is 4.23. The average Bonchev–Trinajstić information content (AvgIpc) is 2.32. The Morgan fingerprint density at radius 1 is 0.938 bits per heavy atom. The van der Waals surface area contributed by atoms with Gasteiger partial charge in [0.2, 0.25) is 0 Å². The molecular formula is C11H21NO2S2. The van der Waals surface area contributed by atoms with Gasteiger partial charge >= 0.3 is 0 Å². The zero-order chi connectivity index (χ0) is 10.9. The number of oxime groups is 1. The van der Waals surface area contributed by atoms with Crippen molar-refractivity contribution in [2.24, 2.45) is 5.16 Å². The summed E-state index contributed by atoms with van der Waals surface area (Å²) >= 11 is 3.80. The Morgan fingerprint density at radius 3 is 1.62 bits per heavy atom. The third-order valence-electron chi connectivity index (χ3n) is 2.26. The zero-order valence-electron chi connectivity index (χ0n) is 8.78. The van der Waals surface area contributed by atoms with Crippen molar-refractivity contribution >= 4 is 35.0 Å². The Bertz CT molecular complexity index is 216. The summed E-state index contributed by atoms with van der Waals surface area (Å²) in [6.45, 7) is 0. The molecule has 0 aromatic rings. The molecule has 16 heavy (non-hydrogen) atoms. The minimum absolute atomic E-state index is 0. The highest BCUT2D eigenvalue weighted by molar-refractivity contribution is 7.99. The number of carbonyl (C=O) groups is 1. The van der Waals surface area contributed by atoms with E-state index in [1.165, 1.54) is 0 Å². The molecule has 1 N–H and O–H groups in total. The van der Waals surface area contributed by atoms with E-state index in [0.717, 1.165) is 54.4 Å². The largest absolute Gasteiger partial charge is 0.411 e. The Kier molecular flexibility index (Phi) is 9.92. The lowest BCUT2D eigenvalue weighted by atomic mass is 10.2. The number of rotatable bonds is 0. The van der Waals surface area contributed by atoms with Gasteiger partial charge in [-0.25, -0.2) is 0 Å². The maximum Gasteiger partial charge on any atom is 0.134 e. The summed E-state index contributed by atoms with van der Waals surface area (Å²) in [5.74, 6) is 4.80. The SMILES string of the molecule is C.O=C1CCSCC1.ON=C1CCSCC1. The van der Waals surface area contributed by atoms with Crippen LogP contribution in [0.1, 0.15) is 33.1 Å². The van der Waals surface area contributed by atoms with Gasteiger partial charge < -0.3 is 5.21 Å². The minimum Gasteiger partial charge on any atom is -0.411 e. The van der Waals surface area contributed by atoms with E-state index in [4.69, 9.17) is 5.21 Å². The highest BCUT2D eigenvalue weighted by Crippen LogP contribution is 2.13. The van der Waals surface area contributed by atoms with Gasteiger partial charge in [0.15, 0.2) is 0 Å². The Balaban J connectivity index is 0.000000267. The summed E-state index contributed by atoms with van der Waals surface area (Å²) in [5, 5.41) is 11.4. The van der Waals surface area contributed by atoms with Crippen LogP contribution in [0.15, 0.2) is 5.16 Å². The van der Waals surface area contributed by atoms with E-state index in [1.807, 2.05) is 23.5 Å². The molecule has 2 aliphatic heterocycles. The molecule has 0 radical (unpaired) electrons. The Hall–Kier alpha value is -0.160. The van der Waals surface area contributed by atoms with E-state index in [-0.39, 0.29) is 7.43 Å². The number of ketones is 1. The highest BCUT2D eigenvalue weighted by atomic mass is 32.2. The first-order valence-electron chi connectivity index (χ1n) is 5.20. The lowest BCUT2D eigenvalue weighted by molar-refractivity contribution is -0.118. The molecule has 94 valence electrons.